The van der Waals surface area contributed by atoms with E-state index in [1.807, 2.05) is 43.3 Å². The van der Waals surface area contributed by atoms with Crippen LogP contribution in [0.1, 0.15) is 12.5 Å². The molecule has 0 amide bonds. The van der Waals surface area contributed by atoms with E-state index in [1.54, 1.807) is 13.0 Å². The molecule has 0 bridgehead atoms. The van der Waals surface area contributed by atoms with Crippen LogP contribution in [-0.2, 0) is 9.53 Å². The fourth-order valence-electron chi connectivity index (χ4n) is 2.26. The Kier molecular flexibility index (Phi) is 7.24. The number of hydrogen-bond donors (Lipinski definition) is 1. The summed E-state index contributed by atoms with van der Waals surface area (Å²) >= 11 is 0. The third kappa shape index (κ3) is 5.63. The van der Waals surface area contributed by atoms with Gasteiger partial charge in [-0.15, -0.1) is 0 Å². The first-order chi connectivity index (χ1) is 12.5. The second kappa shape index (κ2) is 9.63. The number of ether oxygens (including phenoxy) is 3. The van der Waals surface area contributed by atoms with Crippen molar-refractivity contribution in [3.05, 3.63) is 60.2 Å². The van der Waals surface area contributed by atoms with Gasteiger partial charge in [0.15, 0.2) is 0 Å². The molecule has 0 saturated carbocycles. The van der Waals surface area contributed by atoms with Crippen molar-refractivity contribution in [3.63, 3.8) is 0 Å². The van der Waals surface area contributed by atoms with Gasteiger partial charge in [0.2, 0.25) is 0 Å². The fourth-order valence-corrected chi connectivity index (χ4v) is 2.26. The van der Waals surface area contributed by atoms with Crippen LogP contribution in [0.5, 0.6) is 11.5 Å². The first-order valence-corrected chi connectivity index (χ1v) is 8.41. The van der Waals surface area contributed by atoms with E-state index < -0.39 is 5.97 Å². The largest absolute Gasteiger partial charge is 0.491 e. The zero-order valence-electron chi connectivity index (χ0n) is 15.2. The zero-order chi connectivity index (χ0) is 18.9. The van der Waals surface area contributed by atoms with Crippen LogP contribution in [0.25, 0.3) is 11.1 Å². The predicted octanol–water partition coefficient (Wildman–Crippen LogP) is 3.53. The maximum absolute atomic E-state index is 11.4. The van der Waals surface area contributed by atoms with Crippen LogP contribution in [0.15, 0.2) is 54.6 Å². The minimum atomic E-state index is -0.438. The molecule has 0 aromatic heterocycles. The van der Waals surface area contributed by atoms with Crippen LogP contribution in [0.4, 0.5) is 0 Å². The van der Waals surface area contributed by atoms with Gasteiger partial charge in [-0.1, -0.05) is 36.4 Å². The summed E-state index contributed by atoms with van der Waals surface area (Å²) < 4.78 is 16.3. The number of esters is 1. The number of rotatable bonds is 9. The molecule has 0 unspecified atom stereocenters. The Labute approximate surface area is 153 Å². The summed E-state index contributed by atoms with van der Waals surface area (Å²) in [6.45, 7) is 7.65. The Morgan fingerprint density at radius 1 is 1.04 bits per heavy atom. The fraction of sp³-hybridized carbons (Fsp3) is 0.286. The molecular formula is C21H24O5. The lowest BCUT2D eigenvalue weighted by Gasteiger charge is -2.14. The van der Waals surface area contributed by atoms with Gasteiger partial charge >= 0.3 is 5.97 Å². The number of aryl methyl sites for hydroxylation is 1. The molecule has 0 aliphatic carbocycles. The lowest BCUT2D eigenvalue weighted by molar-refractivity contribution is -0.139. The highest BCUT2D eigenvalue weighted by molar-refractivity contribution is 5.86. The van der Waals surface area contributed by atoms with Crippen molar-refractivity contribution >= 4 is 5.97 Å². The topological polar surface area (TPSA) is 65.0 Å². The molecule has 26 heavy (non-hydrogen) atoms. The van der Waals surface area contributed by atoms with Gasteiger partial charge in [0.25, 0.3) is 0 Å². The highest BCUT2D eigenvalue weighted by Crippen LogP contribution is 2.33. The van der Waals surface area contributed by atoms with Gasteiger partial charge in [0, 0.05) is 17.2 Å². The van der Waals surface area contributed by atoms with Crippen molar-refractivity contribution < 1.29 is 24.1 Å². The molecule has 0 atom stereocenters. The zero-order valence-corrected chi connectivity index (χ0v) is 15.2. The molecular weight excluding hydrogens is 332 g/mol. The monoisotopic (exact) mass is 356 g/mol. The van der Waals surface area contributed by atoms with Crippen LogP contribution in [0.2, 0.25) is 0 Å². The molecule has 138 valence electrons. The van der Waals surface area contributed by atoms with Crippen molar-refractivity contribution in [2.24, 2.45) is 0 Å². The minimum absolute atomic E-state index is 0.0627. The van der Waals surface area contributed by atoms with E-state index in [0.717, 1.165) is 11.1 Å². The van der Waals surface area contributed by atoms with E-state index in [0.29, 0.717) is 17.1 Å². The van der Waals surface area contributed by atoms with Gasteiger partial charge in [-0.3, -0.25) is 0 Å². The average Bonchev–Trinajstić information content (AvgIpc) is 2.64. The molecule has 1 N–H and O–H groups in total. The summed E-state index contributed by atoms with van der Waals surface area (Å²) in [5.74, 6) is 0.784. The van der Waals surface area contributed by atoms with E-state index in [2.05, 4.69) is 6.58 Å². The lowest BCUT2D eigenvalue weighted by atomic mass is 10.0. The summed E-state index contributed by atoms with van der Waals surface area (Å²) in [6, 6.07) is 13.6. The van der Waals surface area contributed by atoms with E-state index in [9.17, 15) is 4.79 Å². The summed E-state index contributed by atoms with van der Waals surface area (Å²) in [5, 5.41) is 8.91. The molecule has 2 aromatic carbocycles. The van der Waals surface area contributed by atoms with Crippen LogP contribution in [-0.4, -0.2) is 37.5 Å². The Hall–Kier alpha value is -2.79. The lowest BCUT2D eigenvalue weighted by Crippen LogP contribution is -2.12. The second-order valence-electron chi connectivity index (χ2n) is 5.86. The van der Waals surface area contributed by atoms with Crippen LogP contribution >= 0.6 is 0 Å². The van der Waals surface area contributed by atoms with Crippen molar-refractivity contribution in [2.45, 2.75) is 13.8 Å². The summed E-state index contributed by atoms with van der Waals surface area (Å²) in [5.41, 5.74) is 3.45. The van der Waals surface area contributed by atoms with Crippen molar-refractivity contribution in [1.29, 1.82) is 0 Å². The van der Waals surface area contributed by atoms with E-state index in [-0.39, 0.29) is 26.4 Å². The smallest absolute Gasteiger partial charge is 0.333 e. The van der Waals surface area contributed by atoms with Gasteiger partial charge in [-0.25, -0.2) is 4.79 Å². The number of aliphatic hydroxyl groups excluding tert-OH is 1. The van der Waals surface area contributed by atoms with Gasteiger partial charge in [-0.2, -0.15) is 0 Å². The third-order valence-electron chi connectivity index (χ3n) is 3.60. The minimum Gasteiger partial charge on any atom is -0.491 e. The van der Waals surface area contributed by atoms with Gasteiger partial charge in [-0.05, 0) is 31.5 Å². The summed E-state index contributed by atoms with van der Waals surface area (Å²) in [7, 11) is 0. The molecule has 2 rings (SSSR count). The molecule has 0 spiro atoms. The van der Waals surface area contributed by atoms with Gasteiger partial charge in [0.05, 0.1) is 6.61 Å². The molecule has 2 aromatic rings. The molecule has 0 heterocycles. The molecule has 0 aliphatic heterocycles. The molecule has 5 nitrogen and oxygen atoms in total. The number of hydrogen-bond acceptors (Lipinski definition) is 5. The van der Waals surface area contributed by atoms with Crippen molar-refractivity contribution in [2.75, 3.05) is 26.4 Å². The number of carbonyl (C=O) groups excluding carboxylic acids is 1. The maximum Gasteiger partial charge on any atom is 0.333 e. The SMILES string of the molecule is C=C(C)C(=O)OCCOc1cc(OCCO)ccc1-c1ccc(C)cc1. The van der Waals surface area contributed by atoms with Crippen LogP contribution in [0.3, 0.4) is 0 Å². The Morgan fingerprint density at radius 3 is 2.42 bits per heavy atom. The van der Waals surface area contributed by atoms with Gasteiger partial charge in [0.1, 0.15) is 31.3 Å². The molecule has 5 heteroatoms. The summed E-state index contributed by atoms with van der Waals surface area (Å²) in [6.07, 6.45) is 0. The second-order valence-corrected chi connectivity index (χ2v) is 5.86. The molecule has 0 radical (unpaired) electrons. The normalized spacial score (nSPS) is 10.3. The average molecular weight is 356 g/mol. The highest BCUT2D eigenvalue weighted by atomic mass is 16.6. The Bertz CT molecular complexity index is 749. The number of benzene rings is 2. The number of aliphatic hydroxyl groups is 1. The van der Waals surface area contributed by atoms with Crippen LogP contribution < -0.4 is 9.47 Å². The van der Waals surface area contributed by atoms with Crippen molar-refractivity contribution in [1.82, 2.24) is 0 Å². The first-order valence-electron chi connectivity index (χ1n) is 8.41. The predicted molar refractivity (Wildman–Crippen MR) is 100 cm³/mol. The Morgan fingerprint density at radius 2 is 1.77 bits per heavy atom. The third-order valence-corrected chi connectivity index (χ3v) is 3.60. The molecule has 0 saturated heterocycles. The standard InChI is InChI=1S/C21H24O5/c1-15(2)21(23)26-13-12-25-20-14-18(24-11-10-22)8-9-19(20)17-6-4-16(3)5-7-17/h4-9,14,22H,1,10-13H2,2-3H3. The number of carbonyl (C=O) groups is 1. The van der Waals surface area contributed by atoms with E-state index in [1.165, 1.54) is 5.56 Å². The quantitative estimate of drug-likeness (QED) is 0.423. The van der Waals surface area contributed by atoms with Crippen molar-refractivity contribution in [3.8, 4) is 22.6 Å². The first kappa shape index (κ1) is 19.5. The molecule has 0 aliphatic rings. The summed E-state index contributed by atoms with van der Waals surface area (Å²) in [4.78, 5) is 11.4. The maximum atomic E-state index is 11.4. The van der Waals surface area contributed by atoms with E-state index >= 15 is 0 Å². The molecule has 0 fully saturated rings. The highest BCUT2D eigenvalue weighted by Gasteiger charge is 2.10. The van der Waals surface area contributed by atoms with E-state index in [4.69, 9.17) is 19.3 Å². The van der Waals surface area contributed by atoms with Crippen LogP contribution in [0, 0.1) is 6.92 Å². The Balaban J connectivity index is 2.14. The van der Waals surface area contributed by atoms with Gasteiger partial charge < -0.3 is 19.3 Å².